The molecule has 0 aliphatic rings. The molecule has 0 bridgehead atoms. The zero-order valence-electron chi connectivity index (χ0n) is 12.0. The summed E-state index contributed by atoms with van der Waals surface area (Å²) in [6, 6.07) is 13.2. The number of nitrogens with two attached hydrogens (primary N) is 1. The van der Waals surface area contributed by atoms with E-state index in [1.165, 1.54) is 0 Å². The van der Waals surface area contributed by atoms with Crippen molar-refractivity contribution in [2.45, 2.75) is 10.9 Å². The first kappa shape index (κ1) is 16.0. The summed E-state index contributed by atoms with van der Waals surface area (Å²) in [5.41, 5.74) is 7.21. The van der Waals surface area contributed by atoms with Crippen LogP contribution in [0.1, 0.15) is 11.6 Å². The third kappa shape index (κ3) is 4.06. The van der Waals surface area contributed by atoms with Crippen LogP contribution in [0, 0.1) is 0 Å². The van der Waals surface area contributed by atoms with Crippen LogP contribution in [-0.4, -0.2) is 20.0 Å². The van der Waals surface area contributed by atoms with Crippen LogP contribution in [0.25, 0.3) is 0 Å². The molecular formula is C16H18ClNO2S. The third-order valence-corrected chi connectivity index (χ3v) is 4.46. The average molecular weight is 324 g/mol. The Labute approximate surface area is 134 Å². The summed E-state index contributed by atoms with van der Waals surface area (Å²) in [6.07, 6.45) is 0. The van der Waals surface area contributed by atoms with Crippen LogP contribution in [-0.2, 0) is 0 Å². The molecule has 0 fully saturated rings. The third-order valence-electron chi connectivity index (χ3n) is 3.08. The lowest BCUT2D eigenvalue weighted by atomic mass is 10.1. The Balaban J connectivity index is 2.12. The predicted octanol–water partition coefficient (Wildman–Crippen LogP) is 4.15. The maximum absolute atomic E-state index is 6.32. The smallest absolute Gasteiger partial charge is 0.127 e. The molecule has 112 valence electrons. The molecule has 3 nitrogen and oxygen atoms in total. The minimum atomic E-state index is -0.184. The minimum absolute atomic E-state index is 0.184. The van der Waals surface area contributed by atoms with Crippen molar-refractivity contribution in [1.29, 1.82) is 0 Å². The van der Waals surface area contributed by atoms with Gasteiger partial charge in [-0.05, 0) is 36.4 Å². The standard InChI is InChI=1S/C16H18ClNO2S/c1-19-14-4-3-5-15(20-2)16(14)13(18)10-21-12-8-6-11(17)7-9-12/h3-9,13H,10,18H2,1-2H3. The Bertz CT molecular complexity index is 567. The fourth-order valence-electron chi connectivity index (χ4n) is 2.05. The van der Waals surface area contributed by atoms with Crippen molar-refractivity contribution in [3.63, 3.8) is 0 Å². The highest BCUT2D eigenvalue weighted by Crippen LogP contribution is 2.35. The van der Waals surface area contributed by atoms with E-state index in [1.807, 2.05) is 42.5 Å². The molecule has 0 heterocycles. The Morgan fingerprint density at radius 2 is 1.62 bits per heavy atom. The van der Waals surface area contributed by atoms with Crippen LogP contribution >= 0.6 is 23.4 Å². The molecule has 2 rings (SSSR count). The van der Waals surface area contributed by atoms with Crippen molar-refractivity contribution in [3.05, 3.63) is 53.1 Å². The van der Waals surface area contributed by atoms with E-state index in [9.17, 15) is 0 Å². The van der Waals surface area contributed by atoms with Gasteiger partial charge in [0.2, 0.25) is 0 Å². The molecule has 5 heteroatoms. The Morgan fingerprint density at radius 3 is 2.14 bits per heavy atom. The van der Waals surface area contributed by atoms with E-state index in [2.05, 4.69) is 0 Å². The number of hydrogen-bond donors (Lipinski definition) is 1. The van der Waals surface area contributed by atoms with Crippen LogP contribution < -0.4 is 15.2 Å². The highest BCUT2D eigenvalue weighted by atomic mass is 35.5. The molecule has 2 N–H and O–H groups in total. The molecule has 0 aliphatic carbocycles. The van der Waals surface area contributed by atoms with Gasteiger partial charge in [-0.1, -0.05) is 17.7 Å². The number of benzene rings is 2. The van der Waals surface area contributed by atoms with Gasteiger partial charge in [-0.3, -0.25) is 0 Å². The first-order valence-electron chi connectivity index (χ1n) is 6.50. The summed E-state index contributed by atoms with van der Waals surface area (Å²) in [6.45, 7) is 0. The van der Waals surface area contributed by atoms with Gasteiger partial charge in [-0.15, -0.1) is 11.8 Å². The fourth-order valence-corrected chi connectivity index (χ4v) is 3.04. The van der Waals surface area contributed by atoms with Crippen LogP contribution in [0.5, 0.6) is 11.5 Å². The summed E-state index contributed by atoms with van der Waals surface area (Å²) < 4.78 is 10.8. The van der Waals surface area contributed by atoms with E-state index in [-0.39, 0.29) is 6.04 Å². The van der Waals surface area contributed by atoms with Crippen molar-refractivity contribution in [2.75, 3.05) is 20.0 Å². The van der Waals surface area contributed by atoms with E-state index in [1.54, 1.807) is 26.0 Å². The highest BCUT2D eigenvalue weighted by Gasteiger charge is 2.17. The molecule has 0 spiro atoms. The molecule has 0 amide bonds. The van der Waals surface area contributed by atoms with E-state index < -0.39 is 0 Å². The van der Waals surface area contributed by atoms with Gasteiger partial charge in [0.05, 0.1) is 19.8 Å². The molecule has 2 aromatic rings. The van der Waals surface area contributed by atoms with Crippen LogP contribution in [0.2, 0.25) is 5.02 Å². The van der Waals surface area contributed by atoms with Crippen molar-refractivity contribution in [1.82, 2.24) is 0 Å². The van der Waals surface area contributed by atoms with E-state index in [0.29, 0.717) is 0 Å². The Kier molecular flexibility index (Phi) is 5.79. The minimum Gasteiger partial charge on any atom is -0.496 e. The molecule has 1 unspecified atom stereocenters. The summed E-state index contributed by atoms with van der Waals surface area (Å²) >= 11 is 7.56. The Hall–Kier alpha value is -1.36. The van der Waals surface area contributed by atoms with Gasteiger partial charge < -0.3 is 15.2 Å². The molecule has 0 saturated heterocycles. The number of methoxy groups -OCH3 is 2. The lowest BCUT2D eigenvalue weighted by Gasteiger charge is -2.18. The zero-order chi connectivity index (χ0) is 15.2. The summed E-state index contributed by atoms with van der Waals surface area (Å²) in [5, 5.41) is 0.732. The molecule has 21 heavy (non-hydrogen) atoms. The molecule has 0 saturated carbocycles. The van der Waals surface area contributed by atoms with Gasteiger partial charge in [0.1, 0.15) is 11.5 Å². The van der Waals surface area contributed by atoms with Crippen LogP contribution in [0.15, 0.2) is 47.4 Å². The van der Waals surface area contributed by atoms with Gasteiger partial charge in [-0.2, -0.15) is 0 Å². The quantitative estimate of drug-likeness (QED) is 0.811. The molecule has 0 aliphatic heterocycles. The van der Waals surface area contributed by atoms with E-state index in [4.69, 9.17) is 26.8 Å². The van der Waals surface area contributed by atoms with E-state index >= 15 is 0 Å². The second kappa shape index (κ2) is 7.59. The van der Waals surface area contributed by atoms with Crippen LogP contribution in [0.4, 0.5) is 0 Å². The summed E-state index contributed by atoms with van der Waals surface area (Å²) in [4.78, 5) is 1.13. The van der Waals surface area contributed by atoms with Gasteiger partial charge in [0, 0.05) is 21.7 Å². The van der Waals surface area contributed by atoms with Crippen molar-refractivity contribution in [3.8, 4) is 11.5 Å². The van der Waals surface area contributed by atoms with Crippen molar-refractivity contribution in [2.24, 2.45) is 5.73 Å². The molecule has 0 aromatic heterocycles. The zero-order valence-corrected chi connectivity index (χ0v) is 13.6. The number of thioether (sulfide) groups is 1. The monoisotopic (exact) mass is 323 g/mol. The van der Waals surface area contributed by atoms with Gasteiger partial charge in [-0.25, -0.2) is 0 Å². The first-order valence-corrected chi connectivity index (χ1v) is 7.87. The van der Waals surface area contributed by atoms with Crippen LogP contribution in [0.3, 0.4) is 0 Å². The number of ether oxygens (including phenoxy) is 2. The van der Waals surface area contributed by atoms with Gasteiger partial charge >= 0.3 is 0 Å². The number of halogens is 1. The number of hydrogen-bond acceptors (Lipinski definition) is 4. The first-order chi connectivity index (χ1) is 10.2. The van der Waals surface area contributed by atoms with E-state index in [0.717, 1.165) is 32.7 Å². The maximum atomic E-state index is 6.32. The highest BCUT2D eigenvalue weighted by molar-refractivity contribution is 7.99. The molecule has 1 atom stereocenters. The SMILES string of the molecule is COc1cccc(OC)c1C(N)CSc1ccc(Cl)cc1. The maximum Gasteiger partial charge on any atom is 0.127 e. The van der Waals surface area contributed by atoms with Crippen molar-refractivity contribution >= 4 is 23.4 Å². The normalized spacial score (nSPS) is 12.0. The second-order valence-corrected chi connectivity index (χ2v) is 5.98. The molecule has 2 aromatic carbocycles. The lowest BCUT2D eigenvalue weighted by molar-refractivity contribution is 0.381. The fraction of sp³-hybridized carbons (Fsp3) is 0.250. The second-order valence-electron chi connectivity index (χ2n) is 4.45. The van der Waals surface area contributed by atoms with Crippen molar-refractivity contribution < 1.29 is 9.47 Å². The Morgan fingerprint density at radius 1 is 1.05 bits per heavy atom. The topological polar surface area (TPSA) is 44.5 Å². The molecular weight excluding hydrogens is 306 g/mol. The largest absolute Gasteiger partial charge is 0.496 e. The summed E-state index contributed by atoms with van der Waals surface area (Å²) in [5.74, 6) is 2.22. The lowest BCUT2D eigenvalue weighted by Crippen LogP contribution is -2.15. The predicted molar refractivity (Wildman–Crippen MR) is 88.7 cm³/mol. The van der Waals surface area contributed by atoms with Gasteiger partial charge in [0.25, 0.3) is 0 Å². The van der Waals surface area contributed by atoms with Gasteiger partial charge in [0.15, 0.2) is 0 Å². The summed E-state index contributed by atoms with van der Waals surface area (Å²) in [7, 11) is 3.27. The average Bonchev–Trinajstić information content (AvgIpc) is 2.53. The molecule has 0 radical (unpaired) electrons. The number of rotatable bonds is 6.